The predicted octanol–water partition coefficient (Wildman–Crippen LogP) is 5.04. The normalized spacial score (nSPS) is 27.2. The summed E-state index contributed by atoms with van der Waals surface area (Å²) in [5, 5.41) is 10.2. The van der Waals surface area contributed by atoms with Crippen molar-refractivity contribution in [3.05, 3.63) is 89.5 Å². The monoisotopic (exact) mass is 397 g/mol. The molecule has 1 saturated carbocycles. The summed E-state index contributed by atoms with van der Waals surface area (Å²) in [6, 6.07) is 21.9. The Hall–Kier alpha value is -3.32. The zero-order valence-corrected chi connectivity index (χ0v) is 16.7. The van der Waals surface area contributed by atoms with Crippen molar-refractivity contribution in [3.8, 4) is 6.07 Å². The second kappa shape index (κ2) is 7.50. The molecule has 0 spiro atoms. The molecule has 3 aliphatic rings. The van der Waals surface area contributed by atoms with Crippen molar-refractivity contribution < 1.29 is 14.3 Å². The molecule has 2 aromatic carbocycles. The molecule has 1 heterocycles. The highest BCUT2D eigenvalue weighted by molar-refractivity contribution is 5.80. The van der Waals surface area contributed by atoms with Crippen LogP contribution < -0.4 is 0 Å². The van der Waals surface area contributed by atoms with E-state index < -0.39 is 11.3 Å². The first-order valence-corrected chi connectivity index (χ1v) is 10.5. The quantitative estimate of drug-likeness (QED) is 0.524. The highest BCUT2D eigenvalue weighted by Crippen LogP contribution is 2.62. The lowest BCUT2D eigenvalue weighted by Gasteiger charge is -2.47. The van der Waals surface area contributed by atoms with Gasteiger partial charge in [-0.05, 0) is 36.8 Å². The molecule has 30 heavy (non-hydrogen) atoms. The molecule has 2 aliphatic carbocycles. The Bertz CT molecular complexity index is 1050. The van der Waals surface area contributed by atoms with Gasteiger partial charge < -0.3 is 9.47 Å². The van der Waals surface area contributed by atoms with Crippen molar-refractivity contribution in [2.24, 2.45) is 17.3 Å². The molecule has 4 nitrogen and oxygen atoms in total. The van der Waals surface area contributed by atoms with E-state index in [-0.39, 0.29) is 18.7 Å². The lowest BCUT2D eigenvalue weighted by molar-refractivity contribution is -0.153. The van der Waals surface area contributed by atoms with Crippen LogP contribution >= 0.6 is 0 Å². The van der Waals surface area contributed by atoms with Crippen molar-refractivity contribution in [2.45, 2.75) is 32.0 Å². The summed E-state index contributed by atoms with van der Waals surface area (Å²) in [6.45, 7) is 0.238. The van der Waals surface area contributed by atoms with Gasteiger partial charge in [-0.25, -0.2) is 0 Å². The second-order valence-corrected chi connectivity index (χ2v) is 8.31. The van der Waals surface area contributed by atoms with Crippen LogP contribution in [0.3, 0.4) is 0 Å². The van der Waals surface area contributed by atoms with Crippen molar-refractivity contribution in [2.75, 3.05) is 0 Å². The maximum Gasteiger partial charge on any atom is 0.314 e. The van der Waals surface area contributed by atoms with Crippen LogP contribution in [0.5, 0.6) is 0 Å². The third-order valence-corrected chi connectivity index (χ3v) is 6.51. The fraction of sp³-hybridized carbons (Fsp3) is 0.308. The van der Waals surface area contributed by atoms with E-state index in [0.717, 1.165) is 24.0 Å². The number of carbonyl (C=O) groups excluding carboxylic acids is 1. The van der Waals surface area contributed by atoms with E-state index in [1.807, 2.05) is 72.8 Å². The van der Waals surface area contributed by atoms with Crippen LogP contribution in [-0.2, 0) is 20.9 Å². The first kappa shape index (κ1) is 18.7. The minimum Gasteiger partial charge on any atom is -0.485 e. The number of rotatable bonds is 5. The number of hydrogen-bond donors (Lipinski definition) is 0. The Morgan fingerprint density at radius 1 is 1.07 bits per heavy atom. The molecule has 0 saturated heterocycles. The number of hydrogen-bond acceptors (Lipinski definition) is 4. The van der Waals surface area contributed by atoms with Crippen LogP contribution in [0.4, 0.5) is 0 Å². The first-order valence-electron chi connectivity index (χ1n) is 10.5. The zero-order chi connectivity index (χ0) is 20.6. The van der Waals surface area contributed by atoms with Gasteiger partial charge in [0.15, 0.2) is 0 Å². The van der Waals surface area contributed by atoms with Crippen molar-refractivity contribution in [1.29, 1.82) is 5.26 Å². The number of ether oxygens (including phenoxy) is 2. The number of esters is 1. The Morgan fingerprint density at radius 2 is 1.77 bits per heavy atom. The molecule has 1 fully saturated rings. The van der Waals surface area contributed by atoms with E-state index >= 15 is 0 Å². The summed E-state index contributed by atoms with van der Waals surface area (Å²) < 4.78 is 12.0. The Kier molecular flexibility index (Phi) is 4.67. The molecule has 2 aromatic rings. The third-order valence-electron chi connectivity index (χ3n) is 6.51. The predicted molar refractivity (Wildman–Crippen MR) is 112 cm³/mol. The molecular formula is C26H23NO3. The highest BCUT2D eigenvalue weighted by Gasteiger charge is 2.60. The molecule has 5 rings (SSSR count). The Morgan fingerprint density at radius 3 is 2.43 bits per heavy atom. The van der Waals surface area contributed by atoms with Crippen LogP contribution in [0.1, 0.15) is 30.4 Å². The van der Waals surface area contributed by atoms with Crippen LogP contribution in [0.25, 0.3) is 5.76 Å². The van der Waals surface area contributed by atoms with Crippen LogP contribution in [0.15, 0.2) is 78.4 Å². The Balaban J connectivity index is 1.53. The summed E-state index contributed by atoms with van der Waals surface area (Å²) in [5.41, 5.74) is 1.89. The summed E-state index contributed by atoms with van der Waals surface area (Å²) in [4.78, 5) is 13.3. The maximum absolute atomic E-state index is 13.3. The van der Waals surface area contributed by atoms with Crippen LogP contribution in [-0.4, -0.2) is 12.1 Å². The molecule has 0 amide bonds. The number of allylic oxidation sites excluding steroid dienone is 1. The van der Waals surface area contributed by atoms with E-state index in [0.29, 0.717) is 23.7 Å². The summed E-state index contributed by atoms with van der Waals surface area (Å²) in [5.74, 6) is 0.188. The van der Waals surface area contributed by atoms with Gasteiger partial charge >= 0.3 is 5.97 Å². The van der Waals surface area contributed by atoms with Gasteiger partial charge in [0.1, 0.15) is 18.5 Å². The van der Waals surface area contributed by atoms with Crippen LogP contribution in [0, 0.1) is 28.6 Å². The molecule has 2 bridgehead atoms. The standard InChI is InChI=1S/C26H23NO3/c27-16-23-24(19-9-5-2-6-10-19)30-21-13-14-22(26(23,15-21)20-11-12-20)25(28)29-17-18-7-3-1-4-8-18/h1-10,13-14,20-22H,11-12,15,17H2. The molecule has 1 aliphatic heterocycles. The van der Waals surface area contributed by atoms with Gasteiger partial charge in [-0.15, -0.1) is 0 Å². The molecule has 0 radical (unpaired) electrons. The topological polar surface area (TPSA) is 59.3 Å². The van der Waals surface area contributed by atoms with Gasteiger partial charge in [-0.1, -0.05) is 66.7 Å². The second-order valence-electron chi connectivity index (χ2n) is 8.31. The van der Waals surface area contributed by atoms with Crippen LogP contribution in [0.2, 0.25) is 0 Å². The average Bonchev–Trinajstić information content (AvgIpc) is 3.64. The molecule has 0 N–H and O–H groups in total. The van der Waals surface area contributed by atoms with Crippen molar-refractivity contribution in [3.63, 3.8) is 0 Å². The lowest BCUT2D eigenvalue weighted by atomic mass is 9.59. The highest BCUT2D eigenvalue weighted by atomic mass is 16.5. The number of nitriles is 1. The molecule has 150 valence electrons. The van der Waals surface area contributed by atoms with E-state index in [9.17, 15) is 10.1 Å². The molecular weight excluding hydrogens is 374 g/mol. The number of fused-ring (bicyclic) bond motifs is 2. The minimum atomic E-state index is -0.550. The average molecular weight is 397 g/mol. The van der Waals surface area contributed by atoms with Gasteiger partial charge in [-0.3, -0.25) is 4.79 Å². The number of carbonyl (C=O) groups is 1. The SMILES string of the molecule is N#CC1=C(c2ccccc2)OC2C=CC(C(=O)OCc3ccccc3)C1(C1CC1)C2. The van der Waals surface area contributed by atoms with Gasteiger partial charge in [0.25, 0.3) is 0 Å². The summed E-state index contributed by atoms with van der Waals surface area (Å²) >= 11 is 0. The molecule has 3 atom stereocenters. The van der Waals surface area contributed by atoms with E-state index in [4.69, 9.17) is 9.47 Å². The largest absolute Gasteiger partial charge is 0.485 e. The minimum absolute atomic E-state index is 0.129. The maximum atomic E-state index is 13.3. The van der Waals surface area contributed by atoms with Gasteiger partial charge in [0.2, 0.25) is 0 Å². The molecule has 3 unspecified atom stereocenters. The zero-order valence-electron chi connectivity index (χ0n) is 16.7. The third kappa shape index (κ3) is 3.11. The smallest absolute Gasteiger partial charge is 0.314 e. The van der Waals surface area contributed by atoms with Gasteiger partial charge in [0.05, 0.1) is 17.6 Å². The van der Waals surface area contributed by atoms with Gasteiger partial charge in [0, 0.05) is 11.0 Å². The Labute approximate surface area is 176 Å². The van der Waals surface area contributed by atoms with E-state index in [2.05, 4.69) is 6.07 Å². The first-order chi connectivity index (χ1) is 14.7. The van der Waals surface area contributed by atoms with Crippen molar-refractivity contribution in [1.82, 2.24) is 0 Å². The summed E-state index contributed by atoms with van der Waals surface area (Å²) in [6.07, 6.45) is 6.45. The lowest BCUT2D eigenvalue weighted by Crippen LogP contribution is -2.47. The fourth-order valence-electron chi connectivity index (χ4n) is 4.98. The fourth-order valence-corrected chi connectivity index (χ4v) is 4.98. The number of nitrogens with zero attached hydrogens (tertiary/aromatic N) is 1. The summed E-state index contributed by atoms with van der Waals surface area (Å²) in [7, 11) is 0. The van der Waals surface area contributed by atoms with Gasteiger partial charge in [-0.2, -0.15) is 5.26 Å². The molecule has 0 aromatic heterocycles. The van der Waals surface area contributed by atoms with E-state index in [1.54, 1.807) is 0 Å². The van der Waals surface area contributed by atoms with E-state index in [1.165, 1.54) is 0 Å². The molecule has 4 heteroatoms. The number of benzene rings is 2. The van der Waals surface area contributed by atoms with Crippen molar-refractivity contribution >= 4 is 11.7 Å².